The minimum absolute atomic E-state index is 0.195. The quantitative estimate of drug-likeness (QED) is 0.674. The first kappa shape index (κ1) is 17.5. The number of ether oxygens (including phenoxy) is 1. The highest BCUT2D eigenvalue weighted by atomic mass is 32.2. The standard InChI is InChI=1S/C19H20N2O3S2/c1-13-12-14(24-2)9-10-18(13)26(22,23)21-11-5-7-16(21)19-20-15-6-3-4-8-17(15)25-19/h3-4,6,8-10,12,16H,5,7,11H2,1-2H3. The van der Waals surface area contributed by atoms with Crippen LogP contribution in [0.3, 0.4) is 0 Å². The van der Waals surface area contributed by atoms with Crippen LogP contribution in [0.4, 0.5) is 0 Å². The predicted octanol–water partition coefficient (Wildman–Crippen LogP) is 4.14. The Morgan fingerprint density at radius 1 is 1.23 bits per heavy atom. The molecule has 3 aromatic rings. The number of fused-ring (bicyclic) bond motifs is 1. The van der Waals surface area contributed by atoms with E-state index in [0.717, 1.165) is 28.1 Å². The van der Waals surface area contributed by atoms with Gasteiger partial charge in [0.15, 0.2) is 0 Å². The second-order valence-electron chi connectivity index (χ2n) is 6.43. The van der Waals surface area contributed by atoms with Crippen LogP contribution in [0.25, 0.3) is 10.2 Å². The van der Waals surface area contributed by atoms with E-state index in [1.165, 1.54) is 0 Å². The van der Waals surface area contributed by atoms with Gasteiger partial charge in [0.1, 0.15) is 10.8 Å². The summed E-state index contributed by atoms with van der Waals surface area (Å²) in [5, 5.41) is 0.874. The van der Waals surface area contributed by atoms with Gasteiger partial charge in [-0.25, -0.2) is 13.4 Å². The summed E-state index contributed by atoms with van der Waals surface area (Å²) in [6.45, 7) is 2.33. The normalized spacial score (nSPS) is 18.5. The third kappa shape index (κ3) is 2.90. The summed E-state index contributed by atoms with van der Waals surface area (Å²) < 4.78 is 34.5. The molecular weight excluding hydrogens is 368 g/mol. The summed E-state index contributed by atoms with van der Waals surface area (Å²) in [5.74, 6) is 0.658. The van der Waals surface area contributed by atoms with Crippen molar-refractivity contribution in [2.45, 2.75) is 30.7 Å². The van der Waals surface area contributed by atoms with Crippen molar-refractivity contribution in [3.63, 3.8) is 0 Å². The number of hydrogen-bond acceptors (Lipinski definition) is 5. The Kier molecular flexibility index (Phi) is 4.46. The van der Waals surface area contributed by atoms with Crippen LogP contribution in [0.15, 0.2) is 47.4 Å². The molecule has 1 atom stereocenters. The molecule has 0 amide bonds. The van der Waals surface area contributed by atoms with Gasteiger partial charge in [-0.15, -0.1) is 11.3 Å². The number of thiazole rings is 1. The van der Waals surface area contributed by atoms with E-state index in [0.29, 0.717) is 22.8 Å². The van der Waals surface area contributed by atoms with Crippen molar-refractivity contribution >= 4 is 31.6 Å². The fourth-order valence-electron chi connectivity index (χ4n) is 3.47. The van der Waals surface area contributed by atoms with E-state index in [4.69, 9.17) is 9.72 Å². The molecule has 136 valence electrons. The molecule has 0 aliphatic carbocycles. The van der Waals surface area contributed by atoms with E-state index in [1.807, 2.05) is 24.3 Å². The summed E-state index contributed by atoms with van der Waals surface area (Å²) in [5.41, 5.74) is 1.62. The molecule has 1 aliphatic heterocycles. The number of sulfonamides is 1. The largest absolute Gasteiger partial charge is 0.497 e. The van der Waals surface area contributed by atoms with Gasteiger partial charge in [-0.1, -0.05) is 12.1 Å². The molecule has 7 heteroatoms. The summed E-state index contributed by atoms with van der Waals surface area (Å²) in [6.07, 6.45) is 1.64. The van der Waals surface area contributed by atoms with Gasteiger partial charge < -0.3 is 4.74 Å². The van der Waals surface area contributed by atoms with Crippen LogP contribution in [0.1, 0.15) is 29.5 Å². The van der Waals surface area contributed by atoms with Crippen LogP contribution in [0, 0.1) is 6.92 Å². The third-order valence-electron chi connectivity index (χ3n) is 4.77. The zero-order chi connectivity index (χ0) is 18.3. The average molecular weight is 389 g/mol. The van der Waals surface area contributed by atoms with Crippen LogP contribution in [-0.4, -0.2) is 31.4 Å². The van der Waals surface area contributed by atoms with E-state index in [-0.39, 0.29) is 6.04 Å². The second kappa shape index (κ2) is 6.64. The number of aryl methyl sites for hydroxylation is 1. The van der Waals surface area contributed by atoms with Crippen molar-refractivity contribution < 1.29 is 13.2 Å². The topological polar surface area (TPSA) is 59.5 Å². The van der Waals surface area contributed by atoms with Gasteiger partial charge in [-0.05, 0) is 55.7 Å². The van der Waals surface area contributed by atoms with Crippen molar-refractivity contribution in [3.05, 3.63) is 53.0 Å². The summed E-state index contributed by atoms with van der Waals surface area (Å²) in [4.78, 5) is 5.03. The smallest absolute Gasteiger partial charge is 0.243 e. The predicted molar refractivity (Wildman–Crippen MR) is 103 cm³/mol. The highest BCUT2D eigenvalue weighted by molar-refractivity contribution is 7.89. The second-order valence-corrected chi connectivity index (χ2v) is 9.35. The number of rotatable bonds is 4. The highest BCUT2D eigenvalue weighted by Gasteiger charge is 2.38. The van der Waals surface area contributed by atoms with E-state index in [1.54, 1.807) is 47.9 Å². The lowest BCUT2D eigenvalue weighted by Gasteiger charge is -2.23. The van der Waals surface area contributed by atoms with Gasteiger partial charge >= 0.3 is 0 Å². The zero-order valence-electron chi connectivity index (χ0n) is 14.7. The highest BCUT2D eigenvalue weighted by Crippen LogP contribution is 2.40. The Morgan fingerprint density at radius 3 is 2.77 bits per heavy atom. The fraction of sp³-hybridized carbons (Fsp3) is 0.316. The Morgan fingerprint density at radius 2 is 2.04 bits per heavy atom. The van der Waals surface area contributed by atoms with Gasteiger partial charge in [0.05, 0.1) is 28.3 Å². The molecule has 5 nitrogen and oxygen atoms in total. The molecule has 4 rings (SSSR count). The minimum atomic E-state index is -3.58. The number of nitrogens with zero attached hydrogens (tertiary/aromatic N) is 2. The first-order chi connectivity index (χ1) is 12.5. The van der Waals surface area contributed by atoms with E-state index >= 15 is 0 Å². The number of hydrogen-bond donors (Lipinski definition) is 0. The molecule has 0 spiro atoms. The average Bonchev–Trinajstić information content (AvgIpc) is 3.28. The Bertz CT molecular complexity index is 1030. The molecule has 0 N–H and O–H groups in total. The molecule has 1 aromatic heterocycles. The molecule has 1 fully saturated rings. The molecular formula is C19H20N2O3S2. The molecule has 1 saturated heterocycles. The maximum atomic E-state index is 13.3. The summed E-state index contributed by atoms with van der Waals surface area (Å²) >= 11 is 1.58. The van der Waals surface area contributed by atoms with Crippen LogP contribution in [-0.2, 0) is 10.0 Å². The fourth-order valence-corrected chi connectivity index (χ4v) is 6.52. The molecule has 26 heavy (non-hydrogen) atoms. The molecule has 2 aromatic carbocycles. The third-order valence-corrected chi connectivity index (χ3v) is 7.97. The Labute approximate surface area is 157 Å². The van der Waals surface area contributed by atoms with Crippen molar-refractivity contribution in [1.29, 1.82) is 0 Å². The van der Waals surface area contributed by atoms with Gasteiger partial charge in [0.2, 0.25) is 10.0 Å². The SMILES string of the molecule is COc1ccc(S(=O)(=O)N2CCCC2c2nc3ccccc3s2)c(C)c1. The van der Waals surface area contributed by atoms with Crippen LogP contribution in [0.2, 0.25) is 0 Å². The van der Waals surface area contributed by atoms with Gasteiger partial charge in [0, 0.05) is 6.54 Å². The molecule has 0 radical (unpaired) electrons. The Balaban J connectivity index is 1.73. The first-order valence-electron chi connectivity index (χ1n) is 8.52. The lowest BCUT2D eigenvalue weighted by atomic mass is 10.2. The Hall–Kier alpha value is -1.96. The van der Waals surface area contributed by atoms with Gasteiger partial charge in [-0.2, -0.15) is 4.31 Å². The molecule has 2 heterocycles. The van der Waals surface area contributed by atoms with Crippen molar-refractivity contribution in [3.8, 4) is 5.75 Å². The number of benzene rings is 2. The van der Waals surface area contributed by atoms with Crippen LogP contribution in [0.5, 0.6) is 5.75 Å². The van der Waals surface area contributed by atoms with E-state index < -0.39 is 10.0 Å². The zero-order valence-corrected chi connectivity index (χ0v) is 16.3. The maximum absolute atomic E-state index is 13.3. The maximum Gasteiger partial charge on any atom is 0.243 e. The summed E-state index contributed by atoms with van der Waals surface area (Å²) in [7, 11) is -2.01. The van der Waals surface area contributed by atoms with Crippen LogP contribution >= 0.6 is 11.3 Å². The molecule has 0 bridgehead atoms. The lowest BCUT2D eigenvalue weighted by Crippen LogP contribution is -2.31. The number of para-hydroxylation sites is 1. The van der Waals surface area contributed by atoms with Crippen LogP contribution < -0.4 is 4.74 Å². The van der Waals surface area contributed by atoms with E-state index in [2.05, 4.69) is 0 Å². The molecule has 0 saturated carbocycles. The van der Waals surface area contributed by atoms with Crippen molar-refractivity contribution in [2.24, 2.45) is 0 Å². The number of methoxy groups -OCH3 is 1. The first-order valence-corrected chi connectivity index (χ1v) is 10.8. The molecule has 1 unspecified atom stereocenters. The van der Waals surface area contributed by atoms with Gasteiger partial charge in [0.25, 0.3) is 0 Å². The monoisotopic (exact) mass is 388 g/mol. The number of aromatic nitrogens is 1. The molecule has 1 aliphatic rings. The lowest BCUT2D eigenvalue weighted by molar-refractivity contribution is 0.395. The van der Waals surface area contributed by atoms with E-state index in [9.17, 15) is 8.42 Å². The van der Waals surface area contributed by atoms with Gasteiger partial charge in [-0.3, -0.25) is 0 Å². The minimum Gasteiger partial charge on any atom is -0.497 e. The van der Waals surface area contributed by atoms with Crippen molar-refractivity contribution in [2.75, 3.05) is 13.7 Å². The van der Waals surface area contributed by atoms with Crippen molar-refractivity contribution in [1.82, 2.24) is 9.29 Å². The summed E-state index contributed by atoms with van der Waals surface area (Å²) in [6, 6.07) is 12.8.